The maximum absolute atomic E-state index is 12.6. The summed E-state index contributed by atoms with van der Waals surface area (Å²) < 4.78 is 5.59. The lowest BCUT2D eigenvalue weighted by atomic mass is 10.0. The standard InChI is InChI=1S/C21H29N3O2/c1-5-15-9-11-16(12-10-15)17-14-22-19(23-17)18-8-6-7-13-24(18)20(25)26-21(2,3)4/h9-12,14,18H,5-8,13H2,1-4H3,(H,22,23). The van der Waals surface area contributed by atoms with Gasteiger partial charge >= 0.3 is 6.09 Å². The lowest BCUT2D eigenvalue weighted by molar-refractivity contribution is 0.00854. The van der Waals surface area contributed by atoms with Gasteiger partial charge in [0.05, 0.1) is 17.9 Å². The van der Waals surface area contributed by atoms with Crippen LogP contribution >= 0.6 is 0 Å². The van der Waals surface area contributed by atoms with Gasteiger partial charge in [0.1, 0.15) is 11.4 Å². The molecule has 1 amide bonds. The van der Waals surface area contributed by atoms with Crippen molar-refractivity contribution in [2.45, 2.75) is 65.0 Å². The molecule has 1 aromatic heterocycles. The van der Waals surface area contributed by atoms with Crippen LogP contribution in [0.4, 0.5) is 4.79 Å². The number of hydrogen-bond acceptors (Lipinski definition) is 3. The van der Waals surface area contributed by atoms with E-state index in [9.17, 15) is 4.79 Å². The van der Waals surface area contributed by atoms with Crippen LogP contribution in [0.3, 0.4) is 0 Å². The number of rotatable bonds is 3. The first-order chi connectivity index (χ1) is 12.4. The molecule has 0 aliphatic carbocycles. The molecule has 1 fully saturated rings. The highest BCUT2D eigenvalue weighted by Crippen LogP contribution is 2.32. The van der Waals surface area contributed by atoms with Gasteiger partial charge in [-0.1, -0.05) is 31.2 Å². The summed E-state index contributed by atoms with van der Waals surface area (Å²) >= 11 is 0. The number of benzene rings is 1. The van der Waals surface area contributed by atoms with Gasteiger partial charge in [-0.25, -0.2) is 9.78 Å². The Hall–Kier alpha value is -2.30. The number of imidazole rings is 1. The minimum atomic E-state index is -0.492. The highest BCUT2D eigenvalue weighted by Gasteiger charge is 2.33. The Kier molecular flexibility index (Phi) is 5.35. The molecule has 2 heterocycles. The number of hydrogen-bond donors (Lipinski definition) is 1. The van der Waals surface area contributed by atoms with Crippen molar-refractivity contribution >= 4 is 6.09 Å². The van der Waals surface area contributed by atoms with E-state index in [1.165, 1.54) is 5.56 Å². The van der Waals surface area contributed by atoms with Gasteiger partial charge in [-0.3, -0.25) is 4.90 Å². The number of ether oxygens (including phenoxy) is 1. The van der Waals surface area contributed by atoms with E-state index in [0.717, 1.165) is 42.8 Å². The van der Waals surface area contributed by atoms with Gasteiger partial charge in [0.15, 0.2) is 0 Å². The van der Waals surface area contributed by atoms with Crippen molar-refractivity contribution in [1.29, 1.82) is 0 Å². The molecule has 1 aromatic carbocycles. The molecule has 0 saturated carbocycles. The molecule has 1 N–H and O–H groups in total. The fourth-order valence-electron chi connectivity index (χ4n) is 3.33. The van der Waals surface area contributed by atoms with Gasteiger partial charge in [0, 0.05) is 6.54 Å². The lowest BCUT2D eigenvalue weighted by Gasteiger charge is -2.35. The number of piperidine rings is 1. The van der Waals surface area contributed by atoms with Gasteiger partial charge in [0.25, 0.3) is 0 Å². The molecule has 1 aliphatic rings. The Bertz CT molecular complexity index is 743. The van der Waals surface area contributed by atoms with Crippen LogP contribution in [0.2, 0.25) is 0 Å². The molecule has 5 heteroatoms. The average Bonchev–Trinajstić information content (AvgIpc) is 3.10. The predicted molar refractivity (Wildman–Crippen MR) is 103 cm³/mol. The molecular formula is C21H29N3O2. The number of nitrogens with zero attached hydrogens (tertiary/aromatic N) is 2. The van der Waals surface area contributed by atoms with Crippen LogP contribution in [-0.4, -0.2) is 33.1 Å². The monoisotopic (exact) mass is 355 g/mol. The third kappa shape index (κ3) is 4.26. The van der Waals surface area contributed by atoms with Crippen molar-refractivity contribution in [3.8, 4) is 11.3 Å². The molecule has 1 saturated heterocycles. The quantitative estimate of drug-likeness (QED) is 0.833. The van der Waals surface area contributed by atoms with Crippen molar-refractivity contribution in [2.24, 2.45) is 0 Å². The number of aromatic amines is 1. The molecule has 0 radical (unpaired) electrons. The number of aryl methyl sites for hydroxylation is 1. The van der Waals surface area contributed by atoms with E-state index < -0.39 is 5.60 Å². The minimum Gasteiger partial charge on any atom is -0.444 e. The molecule has 0 spiro atoms. The van der Waals surface area contributed by atoms with E-state index in [2.05, 4.69) is 41.2 Å². The molecule has 0 bridgehead atoms. The Labute approximate surface area is 155 Å². The van der Waals surface area contributed by atoms with Crippen molar-refractivity contribution in [1.82, 2.24) is 14.9 Å². The largest absolute Gasteiger partial charge is 0.444 e. The zero-order valence-corrected chi connectivity index (χ0v) is 16.2. The van der Waals surface area contributed by atoms with Gasteiger partial charge in [-0.05, 0) is 57.6 Å². The summed E-state index contributed by atoms with van der Waals surface area (Å²) in [6, 6.07) is 8.46. The Morgan fingerprint density at radius 2 is 2.00 bits per heavy atom. The Morgan fingerprint density at radius 3 is 2.65 bits per heavy atom. The van der Waals surface area contributed by atoms with E-state index in [1.807, 2.05) is 31.9 Å². The first kappa shape index (κ1) is 18.5. The SMILES string of the molecule is CCc1ccc(-c2cnc(C3CCCCN3C(=O)OC(C)(C)C)[nH]2)cc1. The fourth-order valence-corrected chi connectivity index (χ4v) is 3.33. The van der Waals surface area contributed by atoms with Gasteiger partial charge in [-0.2, -0.15) is 0 Å². The molecule has 3 rings (SSSR count). The van der Waals surface area contributed by atoms with Crippen LogP contribution in [0, 0.1) is 0 Å². The molecule has 1 unspecified atom stereocenters. The summed E-state index contributed by atoms with van der Waals surface area (Å²) in [5.74, 6) is 0.838. The zero-order valence-electron chi connectivity index (χ0n) is 16.2. The molecular weight excluding hydrogens is 326 g/mol. The van der Waals surface area contributed by atoms with E-state index in [1.54, 1.807) is 0 Å². The third-order valence-electron chi connectivity index (χ3n) is 4.72. The number of carbonyl (C=O) groups excluding carboxylic acids is 1. The summed E-state index contributed by atoms with van der Waals surface area (Å²) in [6.45, 7) is 8.55. The van der Waals surface area contributed by atoms with E-state index in [4.69, 9.17) is 4.74 Å². The summed E-state index contributed by atoms with van der Waals surface area (Å²) in [5, 5.41) is 0. The molecule has 1 aliphatic heterocycles. The normalized spacial score (nSPS) is 18.0. The van der Waals surface area contributed by atoms with E-state index >= 15 is 0 Å². The number of H-pyrrole nitrogens is 1. The third-order valence-corrected chi connectivity index (χ3v) is 4.72. The first-order valence-electron chi connectivity index (χ1n) is 9.51. The van der Waals surface area contributed by atoms with Crippen molar-refractivity contribution < 1.29 is 9.53 Å². The van der Waals surface area contributed by atoms with Crippen molar-refractivity contribution in [2.75, 3.05) is 6.54 Å². The first-order valence-corrected chi connectivity index (χ1v) is 9.51. The van der Waals surface area contributed by atoms with Crippen molar-refractivity contribution in [3.63, 3.8) is 0 Å². The molecule has 5 nitrogen and oxygen atoms in total. The van der Waals surface area contributed by atoms with Crippen LogP contribution < -0.4 is 0 Å². The zero-order chi connectivity index (χ0) is 18.7. The molecule has 140 valence electrons. The Balaban J connectivity index is 1.80. The van der Waals surface area contributed by atoms with Gasteiger partial charge in [0.2, 0.25) is 0 Å². The summed E-state index contributed by atoms with van der Waals surface area (Å²) in [4.78, 5) is 22.4. The second-order valence-electron chi connectivity index (χ2n) is 7.92. The summed E-state index contributed by atoms with van der Waals surface area (Å²) in [5.41, 5.74) is 2.92. The number of likely N-dealkylation sites (tertiary alicyclic amines) is 1. The highest BCUT2D eigenvalue weighted by molar-refractivity contribution is 5.69. The average molecular weight is 355 g/mol. The van der Waals surface area contributed by atoms with Gasteiger partial charge < -0.3 is 9.72 Å². The van der Waals surface area contributed by atoms with Gasteiger partial charge in [-0.15, -0.1) is 0 Å². The maximum Gasteiger partial charge on any atom is 0.410 e. The van der Waals surface area contributed by atoms with Crippen molar-refractivity contribution in [3.05, 3.63) is 41.9 Å². The smallest absolute Gasteiger partial charge is 0.410 e. The van der Waals surface area contributed by atoms with E-state index in [0.29, 0.717) is 6.54 Å². The number of aromatic nitrogens is 2. The maximum atomic E-state index is 12.6. The van der Waals surface area contributed by atoms with Crippen LogP contribution in [-0.2, 0) is 11.2 Å². The van der Waals surface area contributed by atoms with Crippen LogP contribution in [0.1, 0.15) is 64.4 Å². The number of carbonyl (C=O) groups is 1. The number of amides is 1. The second kappa shape index (κ2) is 7.52. The Morgan fingerprint density at radius 1 is 1.27 bits per heavy atom. The highest BCUT2D eigenvalue weighted by atomic mass is 16.6. The van der Waals surface area contributed by atoms with Crippen LogP contribution in [0.5, 0.6) is 0 Å². The minimum absolute atomic E-state index is 0.0535. The lowest BCUT2D eigenvalue weighted by Crippen LogP contribution is -2.42. The summed E-state index contributed by atoms with van der Waals surface area (Å²) in [7, 11) is 0. The predicted octanol–water partition coefficient (Wildman–Crippen LogP) is 5.10. The second-order valence-corrected chi connectivity index (χ2v) is 7.92. The van der Waals surface area contributed by atoms with Crippen LogP contribution in [0.25, 0.3) is 11.3 Å². The van der Waals surface area contributed by atoms with E-state index in [-0.39, 0.29) is 12.1 Å². The fraction of sp³-hybridized carbons (Fsp3) is 0.524. The van der Waals surface area contributed by atoms with Crippen LogP contribution in [0.15, 0.2) is 30.5 Å². The summed E-state index contributed by atoms with van der Waals surface area (Å²) in [6.07, 6.45) is 5.63. The molecule has 26 heavy (non-hydrogen) atoms. The molecule has 1 atom stereocenters. The topological polar surface area (TPSA) is 58.2 Å². The number of nitrogens with one attached hydrogen (secondary N) is 1. The molecule has 2 aromatic rings.